The number of nitrogens with one attached hydrogen (secondary N) is 1. The molecule has 0 aliphatic carbocycles. The Kier molecular flexibility index (Phi) is 3.86. The normalized spacial score (nSPS) is 13.2. The number of nitrogens with zero attached hydrogens (tertiary/aromatic N) is 1. The van der Waals surface area contributed by atoms with E-state index in [1.165, 1.54) is 0 Å². The van der Waals surface area contributed by atoms with Gasteiger partial charge in [-0.1, -0.05) is 13.8 Å². The van der Waals surface area contributed by atoms with Gasteiger partial charge in [-0.05, 0) is 17.7 Å². The number of rotatable bonds is 4. The van der Waals surface area contributed by atoms with E-state index in [2.05, 4.69) is 24.1 Å². The summed E-state index contributed by atoms with van der Waals surface area (Å²) in [5, 5.41) is 3.30. The zero-order chi connectivity index (χ0) is 9.68. The molecular formula is C10H17N3. The van der Waals surface area contributed by atoms with Crippen molar-refractivity contribution in [2.75, 3.05) is 6.54 Å². The largest absolute Gasteiger partial charge is 0.323 e. The van der Waals surface area contributed by atoms with Gasteiger partial charge in [0.2, 0.25) is 0 Å². The molecule has 3 nitrogen and oxygen atoms in total. The van der Waals surface area contributed by atoms with Gasteiger partial charge in [-0.2, -0.15) is 0 Å². The van der Waals surface area contributed by atoms with Gasteiger partial charge in [0, 0.05) is 31.0 Å². The first kappa shape index (κ1) is 10.2. The Morgan fingerprint density at radius 1 is 1.38 bits per heavy atom. The third-order valence-electron chi connectivity index (χ3n) is 1.88. The van der Waals surface area contributed by atoms with Crippen molar-refractivity contribution in [3.63, 3.8) is 0 Å². The first-order valence-corrected chi connectivity index (χ1v) is 4.59. The van der Waals surface area contributed by atoms with Gasteiger partial charge in [0.05, 0.1) is 0 Å². The van der Waals surface area contributed by atoms with E-state index in [1.807, 2.05) is 12.1 Å². The number of nitrogens with two attached hydrogens (primary N) is 1. The SMILES string of the molecule is CC(C)NCC(N)c1ccncc1. The molecule has 0 saturated heterocycles. The van der Waals surface area contributed by atoms with E-state index >= 15 is 0 Å². The van der Waals surface area contributed by atoms with Crippen LogP contribution in [0.5, 0.6) is 0 Å². The highest BCUT2D eigenvalue weighted by Crippen LogP contribution is 2.06. The molecule has 0 bridgehead atoms. The summed E-state index contributed by atoms with van der Waals surface area (Å²) in [6, 6.07) is 4.44. The minimum Gasteiger partial charge on any atom is -0.323 e. The fraction of sp³-hybridized carbons (Fsp3) is 0.500. The monoisotopic (exact) mass is 179 g/mol. The standard InChI is InChI=1S/C10H17N3/c1-8(2)13-7-10(11)9-3-5-12-6-4-9/h3-6,8,10,13H,7,11H2,1-2H3. The van der Waals surface area contributed by atoms with Crippen LogP contribution < -0.4 is 11.1 Å². The average molecular weight is 179 g/mol. The molecule has 0 fully saturated rings. The van der Waals surface area contributed by atoms with E-state index in [0.29, 0.717) is 6.04 Å². The summed E-state index contributed by atoms with van der Waals surface area (Å²) in [7, 11) is 0. The third kappa shape index (κ3) is 3.53. The van der Waals surface area contributed by atoms with Crippen LogP contribution in [-0.4, -0.2) is 17.6 Å². The molecule has 0 aromatic carbocycles. The first-order chi connectivity index (χ1) is 6.20. The third-order valence-corrected chi connectivity index (χ3v) is 1.88. The molecule has 0 amide bonds. The maximum absolute atomic E-state index is 5.95. The predicted octanol–water partition coefficient (Wildman–Crippen LogP) is 1.08. The Morgan fingerprint density at radius 2 is 2.00 bits per heavy atom. The molecule has 0 spiro atoms. The molecule has 0 radical (unpaired) electrons. The van der Waals surface area contributed by atoms with Crippen molar-refractivity contribution in [2.24, 2.45) is 5.73 Å². The average Bonchev–Trinajstić information content (AvgIpc) is 2.15. The second kappa shape index (κ2) is 4.94. The fourth-order valence-corrected chi connectivity index (χ4v) is 1.09. The molecule has 1 heterocycles. The zero-order valence-electron chi connectivity index (χ0n) is 8.20. The lowest BCUT2D eigenvalue weighted by atomic mass is 10.1. The minimum absolute atomic E-state index is 0.0606. The van der Waals surface area contributed by atoms with Gasteiger partial charge in [-0.25, -0.2) is 0 Å². The lowest BCUT2D eigenvalue weighted by molar-refractivity contribution is 0.537. The van der Waals surface area contributed by atoms with Crippen LogP contribution in [-0.2, 0) is 0 Å². The topological polar surface area (TPSA) is 50.9 Å². The smallest absolute Gasteiger partial charge is 0.0422 e. The van der Waals surface area contributed by atoms with Crippen molar-refractivity contribution >= 4 is 0 Å². The second-order valence-corrected chi connectivity index (χ2v) is 3.45. The van der Waals surface area contributed by atoms with E-state index in [4.69, 9.17) is 5.73 Å². The number of hydrogen-bond acceptors (Lipinski definition) is 3. The molecule has 0 aliphatic rings. The van der Waals surface area contributed by atoms with Crippen LogP contribution >= 0.6 is 0 Å². The highest BCUT2D eigenvalue weighted by molar-refractivity contribution is 5.14. The highest BCUT2D eigenvalue weighted by Gasteiger charge is 2.04. The van der Waals surface area contributed by atoms with Crippen molar-refractivity contribution in [3.8, 4) is 0 Å². The lowest BCUT2D eigenvalue weighted by Crippen LogP contribution is -2.31. The van der Waals surface area contributed by atoms with Gasteiger partial charge in [-0.15, -0.1) is 0 Å². The zero-order valence-corrected chi connectivity index (χ0v) is 8.20. The Hall–Kier alpha value is -0.930. The molecule has 1 rings (SSSR count). The summed E-state index contributed by atoms with van der Waals surface area (Å²) >= 11 is 0. The van der Waals surface area contributed by atoms with Crippen LogP contribution in [0, 0.1) is 0 Å². The van der Waals surface area contributed by atoms with Crippen molar-refractivity contribution < 1.29 is 0 Å². The van der Waals surface area contributed by atoms with Gasteiger partial charge in [0.15, 0.2) is 0 Å². The Morgan fingerprint density at radius 3 is 2.54 bits per heavy atom. The van der Waals surface area contributed by atoms with E-state index in [-0.39, 0.29) is 6.04 Å². The molecule has 0 saturated carbocycles. The molecule has 13 heavy (non-hydrogen) atoms. The number of pyridine rings is 1. The molecule has 3 N–H and O–H groups in total. The van der Waals surface area contributed by atoms with Crippen LogP contribution in [0.3, 0.4) is 0 Å². The summed E-state index contributed by atoms with van der Waals surface area (Å²) < 4.78 is 0. The van der Waals surface area contributed by atoms with Crippen LogP contribution in [0.15, 0.2) is 24.5 Å². The van der Waals surface area contributed by atoms with E-state index in [9.17, 15) is 0 Å². The summed E-state index contributed by atoms with van der Waals surface area (Å²) in [4.78, 5) is 3.95. The summed E-state index contributed by atoms with van der Waals surface area (Å²) in [5.74, 6) is 0. The van der Waals surface area contributed by atoms with Crippen LogP contribution in [0.1, 0.15) is 25.5 Å². The number of aromatic nitrogens is 1. The van der Waals surface area contributed by atoms with Gasteiger partial charge in [0.25, 0.3) is 0 Å². The van der Waals surface area contributed by atoms with Crippen LogP contribution in [0.4, 0.5) is 0 Å². The van der Waals surface area contributed by atoms with Gasteiger partial charge >= 0.3 is 0 Å². The van der Waals surface area contributed by atoms with Gasteiger partial charge in [-0.3, -0.25) is 4.98 Å². The van der Waals surface area contributed by atoms with Gasteiger partial charge in [0.1, 0.15) is 0 Å². The van der Waals surface area contributed by atoms with Gasteiger partial charge < -0.3 is 11.1 Å². The van der Waals surface area contributed by atoms with Crippen LogP contribution in [0.25, 0.3) is 0 Å². The summed E-state index contributed by atoms with van der Waals surface area (Å²) in [6.07, 6.45) is 3.54. The predicted molar refractivity (Wildman–Crippen MR) is 54.3 cm³/mol. The molecule has 1 aromatic rings. The maximum Gasteiger partial charge on any atom is 0.0422 e. The summed E-state index contributed by atoms with van der Waals surface area (Å²) in [6.45, 7) is 5.03. The lowest BCUT2D eigenvalue weighted by Gasteiger charge is -2.14. The minimum atomic E-state index is 0.0606. The highest BCUT2D eigenvalue weighted by atomic mass is 14.9. The molecular weight excluding hydrogens is 162 g/mol. The van der Waals surface area contributed by atoms with Crippen LogP contribution in [0.2, 0.25) is 0 Å². The summed E-state index contributed by atoms with van der Waals surface area (Å²) in [5.41, 5.74) is 7.08. The van der Waals surface area contributed by atoms with Crippen molar-refractivity contribution in [1.29, 1.82) is 0 Å². The Balaban J connectivity index is 2.44. The molecule has 0 aliphatic heterocycles. The molecule has 72 valence electrons. The second-order valence-electron chi connectivity index (χ2n) is 3.45. The Bertz CT molecular complexity index is 233. The Labute approximate surface area is 79.4 Å². The van der Waals surface area contributed by atoms with E-state index < -0.39 is 0 Å². The maximum atomic E-state index is 5.95. The molecule has 1 unspecified atom stereocenters. The van der Waals surface area contributed by atoms with Crippen molar-refractivity contribution in [3.05, 3.63) is 30.1 Å². The number of hydrogen-bond donors (Lipinski definition) is 2. The van der Waals surface area contributed by atoms with E-state index in [0.717, 1.165) is 12.1 Å². The molecule has 3 heteroatoms. The first-order valence-electron chi connectivity index (χ1n) is 4.59. The molecule has 1 aromatic heterocycles. The van der Waals surface area contributed by atoms with Crippen molar-refractivity contribution in [1.82, 2.24) is 10.3 Å². The quantitative estimate of drug-likeness (QED) is 0.727. The molecule has 1 atom stereocenters. The van der Waals surface area contributed by atoms with E-state index in [1.54, 1.807) is 12.4 Å². The fourth-order valence-electron chi connectivity index (χ4n) is 1.09. The van der Waals surface area contributed by atoms with Crippen molar-refractivity contribution in [2.45, 2.75) is 25.9 Å².